The first-order valence-corrected chi connectivity index (χ1v) is 28.3. The monoisotopic (exact) mass is 1090 g/mol. The Kier molecular flexibility index (Phi) is 19.0. The maximum absolute atomic E-state index is 12.9. The van der Waals surface area contributed by atoms with E-state index in [0.29, 0.717) is 73.6 Å². The number of anilines is 2. The van der Waals surface area contributed by atoms with E-state index in [1.54, 1.807) is 0 Å². The van der Waals surface area contributed by atoms with E-state index in [0.717, 1.165) is 78.1 Å². The molecule has 0 unspecified atom stereocenters. The van der Waals surface area contributed by atoms with Crippen LogP contribution in [0.1, 0.15) is 150 Å². The molecule has 416 valence electrons. The Labute approximate surface area is 475 Å². The Bertz CT molecular complexity index is 2760. The molecule has 0 heterocycles. The summed E-state index contributed by atoms with van der Waals surface area (Å²) in [5, 5.41) is 52.6. The lowest BCUT2D eigenvalue weighted by molar-refractivity contribution is 0.300. The maximum atomic E-state index is 12.9. The van der Waals surface area contributed by atoms with Crippen molar-refractivity contribution in [3.05, 3.63) is 176 Å². The Morgan fingerprint density at radius 1 is 0.436 bits per heavy atom. The number of hydrogen-bond acceptors (Lipinski definition) is 8. The molecule has 6 aromatic carbocycles. The van der Waals surface area contributed by atoms with Crippen LogP contribution in [0, 0.1) is 0 Å². The van der Waals surface area contributed by atoms with E-state index in [1.165, 1.54) is 0 Å². The number of hydrogen-bond donors (Lipinski definition) is 6. The van der Waals surface area contributed by atoms with Crippen LogP contribution in [0.3, 0.4) is 0 Å². The predicted molar refractivity (Wildman–Crippen MR) is 329 cm³/mol. The molecule has 6 N–H and O–H groups in total. The molecular formula is C66H84N4O6S2. The normalized spacial score (nSPS) is 12.9. The minimum absolute atomic E-state index is 0.0597. The van der Waals surface area contributed by atoms with Crippen LogP contribution in [0.4, 0.5) is 11.4 Å². The van der Waals surface area contributed by atoms with E-state index in [2.05, 4.69) is 142 Å². The number of benzene rings is 6. The maximum Gasteiger partial charge on any atom is 0.173 e. The average molecular weight is 1090 g/mol. The summed E-state index contributed by atoms with van der Waals surface area (Å²) >= 11 is 11.8. The van der Waals surface area contributed by atoms with Gasteiger partial charge in [0.05, 0.1) is 26.3 Å². The van der Waals surface area contributed by atoms with Gasteiger partial charge in [0, 0.05) is 50.1 Å². The molecule has 8 bridgehead atoms. The molecule has 1 aliphatic carbocycles. The number of rotatable bonds is 14. The van der Waals surface area contributed by atoms with Crippen molar-refractivity contribution in [1.29, 1.82) is 0 Å². The largest absolute Gasteiger partial charge is 0.507 e. The summed E-state index contributed by atoms with van der Waals surface area (Å²) in [7, 11) is 0. The van der Waals surface area contributed by atoms with Crippen LogP contribution < -0.4 is 29.9 Å². The van der Waals surface area contributed by atoms with Crippen molar-refractivity contribution in [2.24, 2.45) is 0 Å². The Morgan fingerprint density at radius 2 is 0.692 bits per heavy atom. The molecule has 0 radical (unpaired) electrons. The van der Waals surface area contributed by atoms with Crippen molar-refractivity contribution < 1.29 is 29.9 Å². The van der Waals surface area contributed by atoms with Gasteiger partial charge in [-0.1, -0.05) is 168 Å². The van der Waals surface area contributed by atoms with Gasteiger partial charge in [0.25, 0.3) is 0 Å². The fourth-order valence-electron chi connectivity index (χ4n) is 9.92. The zero-order valence-corrected chi connectivity index (χ0v) is 49.8. The van der Waals surface area contributed by atoms with Gasteiger partial charge in [0.2, 0.25) is 0 Å². The van der Waals surface area contributed by atoms with E-state index in [1.807, 2.05) is 70.5 Å². The summed E-state index contributed by atoms with van der Waals surface area (Å²) in [6, 6.07) is 37.4. The quantitative estimate of drug-likeness (QED) is 0.0580. The molecular weight excluding hydrogens is 1010 g/mol. The SMILES string of the molecule is CC(C)(C)c1cc2c(O)c(c1)Cc1cc(C(C)(C)C)cc(c1OCCN(C(=S)NCCO)c1ccccc1)Cc1cc(C(C)(C)C)cc(c1O)Cc1cc(C(C)(C)C)cc(c1OCCN(C(=S)NCCO)c1ccccc1)C2. The molecule has 7 rings (SSSR count). The third kappa shape index (κ3) is 14.7. The standard InChI is InChI=1S/C66H84N4O6S2/c1-63(2,3)51-35-43-31-47-39-53(65(7,8)9)41-49(59(47)75-29-25-69(61(77)67-23-27-71)55-19-15-13-16-20-55)33-45-37-52(64(4,5)6)38-46(58(45)74)34-50-42-54(66(10,11)12)40-48(32-44(36-51)57(43)73)60(50)76-30-26-70(62(78)68-24-28-72)56-21-17-14-18-22-56/h13-22,35-42,71-74H,23-34H2,1-12H3,(H,67,77)(H,68,78). The lowest BCUT2D eigenvalue weighted by Crippen LogP contribution is -2.43. The molecule has 0 saturated carbocycles. The van der Waals surface area contributed by atoms with Gasteiger partial charge in [0.1, 0.15) is 36.2 Å². The summed E-state index contributed by atoms with van der Waals surface area (Å²) in [6.07, 6.45) is 1.46. The fourth-order valence-corrected chi connectivity index (χ4v) is 10.5. The van der Waals surface area contributed by atoms with Crippen LogP contribution in [0.5, 0.6) is 23.0 Å². The van der Waals surface area contributed by atoms with Crippen molar-refractivity contribution in [2.75, 3.05) is 62.4 Å². The topological polar surface area (TPSA) is 130 Å². The highest BCUT2D eigenvalue weighted by Gasteiger charge is 2.29. The highest BCUT2D eigenvalue weighted by molar-refractivity contribution is 7.80. The molecule has 0 amide bonds. The van der Waals surface area contributed by atoms with E-state index < -0.39 is 0 Å². The molecule has 0 atom stereocenters. The number of thiocarbonyl (C=S) groups is 2. The molecule has 0 fully saturated rings. The molecule has 0 aliphatic heterocycles. The number of fused-ring (bicyclic) bond motifs is 8. The van der Waals surface area contributed by atoms with Gasteiger partial charge in [-0.3, -0.25) is 0 Å². The molecule has 78 heavy (non-hydrogen) atoms. The second-order valence-corrected chi connectivity index (χ2v) is 25.6. The van der Waals surface area contributed by atoms with Crippen LogP contribution in [0.15, 0.2) is 109 Å². The third-order valence-electron chi connectivity index (χ3n) is 14.5. The van der Waals surface area contributed by atoms with E-state index in [9.17, 15) is 20.4 Å². The highest BCUT2D eigenvalue weighted by atomic mass is 32.1. The number of nitrogens with one attached hydrogen (secondary N) is 2. The Balaban J connectivity index is 1.46. The van der Waals surface area contributed by atoms with Crippen LogP contribution in [-0.2, 0) is 47.3 Å². The minimum atomic E-state index is -0.273. The van der Waals surface area contributed by atoms with E-state index >= 15 is 0 Å². The summed E-state index contributed by atoms with van der Waals surface area (Å²) in [5.41, 5.74) is 11.9. The van der Waals surface area contributed by atoms with Crippen LogP contribution >= 0.6 is 24.4 Å². The van der Waals surface area contributed by atoms with Crippen LogP contribution in [0.2, 0.25) is 0 Å². The molecule has 6 aromatic rings. The summed E-state index contributed by atoms with van der Waals surface area (Å²) in [4.78, 5) is 3.98. The van der Waals surface area contributed by atoms with E-state index in [4.69, 9.17) is 33.9 Å². The van der Waals surface area contributed by atoms with Gasteiger partial charge >= 0.3 is 0 Å². The Hall–Kier alpha value is -6.18. The molecule has 1 aliphatic rings. The first-order valence-electron chi connectivity index (χ1n) is 27.5. The highest BCUT2D eigenvalue weighted by Crippen LogP contribution is 2.44. The summed E-state index contributed by atoms with van der Waals surface area (Å²) in [5.74, 6) is 1.85. The van der Waals surface area contributed by atoms with Gasteiger partial charge in [-0.15, -0.1) is 0 Å². The summed E-state index contributed by atoms with van der Waals surface area (Å²) < 4.78 is 14.3. The van der Waals surface area contributed by atoms with Crippen LogP contribution in [-0.4, -0.2) is 83.3 Å². The minimum Gasteiger partial charge on any atom is -0.507 e. The van der Waals surface area contributed by atoms with Gasteiger partial charge in [-0.05, 0) is 137 Å². The number of phenols is 2. The van der Waals surface area contributed by atoms with Crippen molar-refractivity contribution in [3.63, 3.8) is 0 Å². The molecule has 0 aromatic heterocycles. The number of phenolic OH excluding ortho intramolecular Hbond substituents is 2. The average Bonchev–Trinajstić information content (AvgIpc) is 3.49. The van der Waals surface area contributed by atoms with Gasteiger partial charge < -0.3 is 50.3 Å². The Morgan fingerprint density at radius 3 is 0.936 bits per heavy atom. The van der Waals surface area contributed by atoms with Gasteiger partial charge in [-0.2, -0.15) is 0 Å². The third-order valence-corrected chi connectivity index (χ3v) is 15.3. The van der Waals surface area contributed by atoms with Crippen molar-refractivity contribution in [2.45, 2.75) is 130 Å². The number of ether oxygens (including phenoxy) is 2. The zero-order chi connectivity index (χ0) is 56.7. The van der Waals surface area contributed by atoms with Gasteiger partial charge in [-0.25, -0.2) is 0 Å². The number of para-hydroxylation sites is 2. The second kappa shape index (κ2) is 24.9. The van der Waals surface area contributed by atoms with Crippen molar-refractivity contribution in [1.82, 2.24) is 10.6 Å². The second-order valence-electron chi connectivity index (χ2n) is 24.8. The zero-order valence-electron chi connectivity index (χ0n) is 48.2. The lowest BCUT2D eigenvalue weighted by atomic mass is 9.79. The first kappa shape index (κ1) is 59.5. The number of aliphatic hydroxyl groups is 2. The number of aliphatic hydroxyl groups excluding tert-OH is 2. The van der Waals surface area contributed by atoms with E-state index in [-0.39, 0.29) is 59.6 Å². The first-order chi connectivity index (χ1) is 36.8. The van der Waals surface area contributed by atoms with Crippen molar-refractivity contribution >= 4 is 46.0 Å². The van der Waals surface area contributed by atoms with Gasteiger partial charge in [0.15, 0.2) is 10.2 Å². The number of aromatic hydroxyl groups is 2. The molecule has 0 saturated heterocycles. The predicted octanol–water partition coefficient (Wildman–Crippen LogP) is 12.5. The number of nitrogens with zero attached hydrogens (tertiary/aromatic N) is 2. The smallest absolute Gasteiger partial charge is 0.173 e. The summed E-state index contributed by atoms with van der Waals surface area (Å²) in [6.45, 7) is 28.4. The molecule has 0 spiro atoms. The molecule has 10 nitrogen and oxygen atoms in total. The van der Waals surface area contributed by atoms with Crippen LogP contribution in [0.25, 0.3) is 0 Å². The lowest BCUT2D eigenvalue weighted by Gasteiger charge is -2.29. The fraction of sp³-hybridized carbons (Fsp3) is 0.424. The van der Waals surface area contributed by atoms with Crippen molar-refractivity contribution in [3.8, 4) is 23.0 Å². The molecule has 12 heteroatoms.